The average molecular weight is 373 g/mol. The molecule has 0 saturated heterocycles. The fourth-order valence-electron chi connectivity index (χ4n) is 2.06. The Labute approximate surface area is 152 Å². The Morgan fingerprint density at radius 2 is 1.79 bits per heavy atom. The Bertz CT molecular complexity index is 466. The van der Waals surface area contributed by atoms with Crippen molar-refractivity contribution >= 4 is 31.8 Å². The minimum Gasteiger partial charge on any atom is -0.462 e. The van der Waals surface area contributed by atoms with E-state index in [0.29, 0.717) is 6.42 Å². The van der Waals surface area contributed by atoms with E-state index in [9.17, 15) is 9.59 Å². The monoisotopic (exact) mass is 372 g/mol. The summed E-state index contributed by atoms with van der Waals surface area (Å²) in [7, 11) is -1.07. The summed E-state index contributed by atoms with van der Waals surface area (Å²) in [6, 6.07) is 1.22. The Balaban J connectivity index is 4.71. The van der Waals surface area contributed by atoms with Gasteiger partial charge in [0, 0.05) is 26.8 Å². The van der Waals surface area contributed by atoms with E-state index < -0.39 is 8.07 Å². The number of hydrogen-bond donors (Lipinski definition) is 0. The number of thioether (sulfide) groups is 1. The fraction of sp³-hybridized carbons (Fsp3) is 0.667. The van der Waals surface area contributed by atoms with E-state index >= 15 is 0 Å². The molecule has 0 aromatic rings. The number of hydrogen-bond acceptors (Lipinski definition) is 5. The molecule has 0 aliphatic heterocycles. The molecule has 6 heteroatoms. The highest BCUT2D eigenvalue weighted by atomic mass is 32.2. The van der Waals surface area contributed by atoms with E-state index in [0.717, 1.165) is 17.7 Å². The van der Waals surface area contributed by atoms with Gasteiger partial charge < -0.3 is 9.47 Å². The number of rotatable bonds is 11. The zero-order valence-corrected chi connectivity index (χ0v) is 17.8. The summed E-state index contributed by atoms with van der Waals surface area (Å²) < 4.78 is 10.4. The predicted molar refractivity (Wildman–Crippen MR) is 105 cm³/mol. The van der Waals surface area contributed by atoms with Crippen LogP contribution in [-0.2, 0) is 19.1 Å². The first-order valence-corrected chi connectivity index (χ1v) is 13.2. The van der Waals surface area contributed by atoms with Gasteiger partial charge >= 0.3 is 11.9 Å². The molecule has 0 rings (SSSR count). The smallest absolute Gasteiger partial charge is 0.303 e. The summed E-state index contributed by atoms with van der Waals surface area (Å²) in [5.74, 6) is -0.629. The van der Waals surface area contributed by atoms with Gasteiger partial charge in [0.1, 0.15) is 12.7 Å². The van der Waals surface area contributed by atoms with Gasteiger partial charge in [-0.2, -0.15) is 0 Å². The third-order valence-electron chi connectivity index (χ3n) is 3.42. The van der Waals surface area contributed by atoms with E-state index in [-0.39, 0.29) is 24.6 Å². The van der Waals surface area contributed by atoms with Crippen LogP contribution in [0, 0.1) is 0 Å². The molecule has 0 aliphatic rings. The lowest BCUT2D eigenvalue weighted by molar-refractivity contribution is -0.145. The van der Waals surface area contributed by atoms with Crippen molar-refractivity contribution < 1.29 is 19.1 Å². The Kier molecular flexibility index (Phi) is 11.0. The first-order valence-electron chi connectivity index (χ1n) is 8.26. The molecule has 0 radical (unpaired) electrons. The van der Waals surface area contributed by atoms with E-state index in [1.165, 1.54) is 37.2 Å². The summed E-state index contributed by atoms with van der Waals surface area (Å²) in [6.07, 6.45) is 6.00. The van der Waals surface area contributed by atoms with E-state index in [4.69, 9.17) is 9.47 Å². The van der Waals surface area contributed by atoms with Crippen molar-refractivity contribution in [1.82, 2.24) is 0 Å². The van der Waals surface area contributed by atoms with Crippen LogP contribution in [0.4, 0.5) is 0 Å². The van der Waals surface area contributed by atoms with Gasteiger partial charge in [-0.25, -0.2) is 0 Å². The van der Waals surface area contributed by atoms with Crippen molar-refractivity contribution in [2.24, 2.45) is 0 Å². The summed E-state index contributed by atoms with van der Waals surface area (Å²) in [4.78, 5) is 23.2. The van der Waals surface area contributed by atoms with Crippen molar-refractivity contribution in [1.29, 1.82) is 0 Å². The lowest BCUT2D eigenvalue weighted by Crippen LogP contribution is -2.20. The standard InChI is InChI=1S/C18H32O4SSi/c1-14(11-13-24(5,6)7)8-9-17(22-16(3)20)18(23-4)10-12-21-15(2)19/h10,17H,1,8-9,11-13H2,2-7H3/b18-10+. The maximum atomic E-state index is 11.4. The molecule has 1 unspecified atom stereocenters. The maximum Gasteiger partial charge on any atom is 0.303 e. The summed E-state index contributed by atoms with van der Waals surface area (Å²) >= 11 is 1.51. The van der Waals surface area contributed by atoms with E-state index in [1.54, 1.807) is 0 Å². The van der Waals surface area contributed by atoms with Crippen molar-refractivity contribution in [2.45, 2.75) is 64.9 Å². The lowest BCUT2D eigenvalue weighted by atomic mass is 10.1. The first-order chi connectivity index (χ1) is 11.0. The Morgan fingerprint density at radius 3 is 2.25 bits per heavy atom. The van der Waals surface area contributed by atoms with Crippen molar-refractivity contribution in [3.63, 3.8) is 0 Å². The quantitative estimate of drug-likeness (QED) is 0.296. The molecule has 0 bridgehead atoms. The molecule has 0 aromatic carbocycles. The fourth-order valence-corrected chi connectivity index (χ4v) is 3.83. The van der Waals surface area contributed by atoms with E-state index in [2.05, 4.69) is 26.2 Å². The molecule has 4 nitrogen and oxygen atoms in total. The molecule has 0 aromatic heterocycles. The van der Waals surface area contributed by atoms with Gasteiger partial charge in [0.25, 0.3) is 0 Å². The zero-order chi connectivity index (χ0) is 18.8. The molecule has 0 amide bonds. The second-order valence-corrected chi connectivity index (χ2v) is 13.6. The highest BCUT2D eigenvalue weighted by molar-refractivity contribution is 8.02. The SMILES string of the molecule is C=C(CCC(OC(C)=O)/C(=C\COC(C)=O)SC)CC[Si](C)(C)C. The van der Waals surface area contributed by atoms with E-state index in [1.807, 2.05) is 12.3 Å². The van der Waals surface area contributed by atoms with Gasteiger partial charge in [-0.15, -0.1) is 11.8 Å². The topological polar surface area (TPSA) is 52.6 Å². The molecule has 24 heavy (non-hydrogen) atoms. The maximum absolute atomic E-state index is 11.4. The highest BCUT2D eigenvalue weighted by Gasteiger charge is 2.18. The number of esters is 2. The van der Waals surface area contributed by atoms with Crippen molar-refractivity contribution in [2.75, 3.05) is 12.9 Å². The first kappa shape index (κ1) is 23.0. The molecule has 0 fully saturated rings. The molecule has 0 aliphatic carbocycles. The molecular weight excluding hydrogens is 340 g/mol. The van der Waals surface area contributed by atoms with Crippen LogP contribution in [0.15, 0.2) is 23.1 Å². The van der Waals surface area contributed by atoms with Crippen LogP contribution >= 0.6 is 11.8 Å². The Hall–Kier alpha value is -1.01. The van der Waals surface area contributed by atoms with Gasteiger partial charge in [0.15, 0.2) is 0 Å². The zero-order valence-electron chi connectivity index (χ0n) is 15.9. The van der Waals surface area contributed by atoms with Gasteiger partial charge in [-0.05, 0) is 31.6 Å². The van der Waals surface area contributed by atoms with Gasteiger partial charge in [0.05, 0.1) is 0 Å². The van der Waals surface area contributed by atoms with Gasteiger partial charge in [0.2, 0.25) is 0 Å². The third kappa shape index (κ3) is 12.4. The van der Waals surface area contributed by atoms with Gasteiger partial charge in [-0.1, -0.05) is 37.8 Å². The Morgan fingerprint density at radius 1 is 1.17 bits per heavy atom. The van der Waals surface area contributed by atoms with Crippen LogP contribution < -0.4 is 0 Å². The summed E-state index contributed by atoms with van der Waals surface area (Å²) in [6.45, 7) is 14.2. The van der Waals surface area contributed by atoms with Crippen LogP contribution in [0.1, 0.15) is 33.1 Å². The second kappa shape index (κ2) is 11.5. The molecule has 1 atom stereocenters. The normalized spacial score (nSPS) is 13.3. The molecule has 0 heterocycles. The average Bonchev–Trinajstić information content (AvgIpc) is 2.44. The lowest BCUT2D eigenvalue weighted by Gasteiger charge is -2.21. The number of carbonyl (C=O) groups excluding carboxylic acids is 2. The second-order valence-electron chi connectivity index (χ2n) is 7.06. The molecule has 138 valence electrons. The summed E-state index contributed by atoms with van der Waals surface area (Å²) in [5, 5.41) is 0. The molecule has 0 saturated carbocycles. The third-order valence-corrected chi connectivity index (χ3v) is 6.07. The molecule has 0 N–H and O–H groups in total. The number of carbonyl (C=O) groups is 2. The molecular formula is C18H32O4SSi. The van der Waals surface area contributed by atoms with Crippen LogP contribution in [0.5, 0.6) is 0 Å². The molecule has 0 spiro atoms. The predicted octanol–water partition coefficient (Wildman–Crippen LogP) is 4.79. The minimum absolute atomic E-state index is 0.194. The van der Waals surface area contributed by atoms with Crippen molar-refractivity contribution in [3.8, 4) is 0 Å². The van der Waals surface area contributed by atoms with Crippen LogP contribution in [0.25, 0.3) is 0 Å². The van der Waals surface area contributed by atoms with Crippen LogP contribution in [0.3, 0.4) is 0 Å². The number of ether oxygens (including phenoxy) is 2. The van der Waals surface area contributed by atoms with Gasteiger partial charge in [-0.3, -0.25) is 9.59 Å². The largest absolute Gasteiger partial charge is 0.462 e. The summed E-state index contributed by atoms with van der Waals surface area (Å²) in [5.41, 5.74) is 1.20. The van der Waals surface area contributed by atoms with Crippen molar-refractivity contribution in [3.05, 3.63) is 23.1 Å². The highest BCUT2D eigenvalue weighted by Crippen LogP contribution is 2.26. The minimum atomic E-state index is -1.07. The van der Waals surface area contributed by atoms with Crippen LogP contribution in [-0.4, -0.2) is 39.0 Å². The number of allylic oxidation sites excluding steroid dienone is 1. The van der Waals surface area contributed by atoms with Crippen LogP contribution in [0.2, 0.25) is 25.7 Å².